The van der Waals surface area contributed by atoms with Crippen LogP contribution in [0.4, 0.5) is 4.39 Å². The molecule has 1 aromatic heterocycles. The van der Waals surface area contributed by atoms with Crippen molar-refractivity contribution in [3.8, 4) is 17.0 Å². The van der Waals surface area contributed by atoms with Crippen LogP contribution in [0.25, 0.3) is 11.3 Å². The van der Waals surface area contributed by atoms with Crippen LogP contribution in [0.1, 0.15) is 18.8 Å². The molecule has 2 N–H and O–H groups in total. The Bertz CT molecular complexity index is 558. The summed E-state index contributed by atoms with van der Waals surface area (Å²) in [7, 11) is 1.43. The predicted molar refractivity (Wildman–Crippen MR) is 66.6 cm³/mol. The summed E-state index contributed by atoms with van der Waals surface area (Å²) in [5.41, 5.74) is 7.02. The maximum atomic E-state index is 13.6. The largest absolute Gasteiger partial charge is 0.494 e. The number of hydrogen-bond acceptors (Lipinski definition) is 4. The van der Waals surface area contributed by atoms with E-state index in [9.17, 15) is 4.39 Å². The lowest BCUT2D eigenvalue weighted by Crippen LogP contribution is -2.09. The van der Waals surface area contributed by atoms with Gasteiger partial charge < -0.3 is 10.5 Å². The van der Waals surface area contributed by atoms with Crippen molar-refractivity contribution in [3.05, 3.63) is 42.1 Å². The molecular formula is C13H14FN3O. The lowest BCUT2D eigenvalue weighted by atomic mass is 10.1. The molecule has 0 fully saturated rings. The topological polar surface area (TPSA) is 61.0 Å². The molecule has 2 aromatic rings. The van der Waals surface area contributed by atoms with Crippen molar-refractivity contribution >= 4 is 0 Å². The zero-order valence-corrected chi connectivity index (χ0v) is 10.2. The van der Waals surface area contributed by atoms with Crippen molar-refractivity contribution in [1.82, 2.24) is 9.97 Å². The first-order valence-corrected chi connectivity index (χ1v) is 5.54. The minimum atomic E-state index is -0.420. The second kappa shape index (κ2) is 5.10. The van der Waals surface area contributed by atoms with Crippen molar-refractivity contribution in [1.29, 1.82) is 0 Å². The van der Waals surface area contributed by atoms with Crippen LogP contribution in [0.3, 0.4) is 0 Å². The fraction of sp³-hybridized carbons (Fsp3) is 0.231. The van der Waals surface area contributed by atoms with Crippen LogP contribution in [-0.2, 0) is 0 Å². The molecule has 0 aliphatic heterocycles. The third kappa shape index (κ3) is 2.46. The van der Waals surface area contributed by atoms with E-state index in [-0.39, 0.29) is 11.8 Å². The van der Waals surface area contributed by atoms with Crippen LogP contribution >= 0.6 is 0 Å². The molecule has 0 amide bonds. The second-order valence-corrected chi connectivity index (χ2v) is 3.94. The lowest BCUT2D eigenvalue weighted by Gasteiger charge is -2.07. The van der Waals surface area contributed by atoms with E-state index in [0.717, 1.165) is 0 Å². The molecule has 1 atom stereocenters. The molecule has 1 heterocycles. The van der Waals surface area contributed by atoms with Gasteiger partial charge in [-0.2, -0.15) is 0 Å². The average Bonchev–Trinajstić information content (AvgIpc) is 2.38. The van der Waals surface area contributed by atoms with E-state index in [1.807, 2.05) is 0 Å². The number of halogens is 1. The van der Waals surface area contributed by atoms with Crippen LogP contribution in [0, 0.1) is 5.82 Å². The van der Waals surface area contributed by atoms with E-state index in [0.29, 0.717) is 17.1 Å². The fourth-order valence-corrected chi connectivity index (χ4v) is 1.58. The molecule has 5 heteroatoms. The maximum absolute atomic E-state index is 13.6. The van der Waals surface area contributed by atoms with Gasteiger partial charge in [0.15, 0.2) is 11.6 Å². The summed E-state index contributed by atoms with van der Waals surface area (Å²) in [6, 6.07) is 6.15. The van der Waals surface area contributed by atoms with Crippen molar-refractivity contribution in [2.24, 2.45) is 5.73 Å². The van der Waals surface area contributed by atoms with Gasteiger partial charge in [0.2, 0.25) is 0 Å². The van der Waals surface area contributed by atoms with Gasteiger partial charge >= 0.3 is 0 Å². The van der Waals surface area contributed by atoms with Gasteiger partial charge in [-0.15, -0.1) is 0 Å². The molecule has 0 bridgehead atoms. The summed E-state index contributed by atoms with van der Waals surface area (Å²) in [4.78, 5) is 8.36. The number of nitrogens with zero attached hydrogens (tertiary/aromatic N) is 2. The van der Waals surface area contributed by atoms with E-state index < -0.39 is 5.82 Å². The molecule has 1 unspecified atom stereocenters. The van der Waals surface area contributed by atoms with Crippen LogP contribution in [0.15, 0.2) is 30.5 Å². The average molecular weight is 247 g/mol. The SMILES string of the molecule is COc1ccc(-c2ccnc(C(C)N)n2)cc1F. The van der Waals surface area contributed by atoms with Crippen molar-refractivity contribution in [2.75, 3.05) is 7.11 Å². The number of methoxy groups -OCH3 is 1. The van der Waals surface area contributed by atoms with Gasteiger partial charge in [0.1, 0.15) is 5.82 Å². The maximum Gasteiger partial charge on any atom is 0.165 e. The highest BCUT2D eigenvalue weighted by molar-refractivity contribution is 5.60. The van der Waals surface area contributed by atoms with Gasteiger partial charge in [-0.3, -0.25) is 0 Å². The van der Waals surface area contributed by atoms with E-state index in [1.165, 1.54) is 13.2 Å². The highest BCUT2D eigenvalue weighted by Crippen LogP contribution is 2.24. The Labute approximate surface area is 105 Å². The van der Waals surface area contributed by atoms with Gasteiger partial charge in [-0.05, 0) is 31.2 Å². The molecule has 94 valence electrons. The highest BCUT2D eigenvalue weighted by atomic mass is 19.1. The summed E-state index contributed by atoms with van der Waals surface area (Å²) >= 11 is 0. The zero-order chi connectivity index (χ0) is 13.1. The molecule has 0 saturated carbocycles. The smallest absolute Gasteiger partial charge is 0.165 e. The van der Waals surface area contributed by atoms with E-state index in [1.54, 1.807) is 31.3 Å². The Morgan fingerprint density at radius 2 is 2.11 bits per heavy atom. The van der Waals surface area contributed by atoms with E-state index in [4.69, 9.17) is 10.5 Å². The van der Waals surface area contributed by atoms with Gasteiger partial charge in [0, 0.05) is 11.8 Å². The Hall–Kier alpha value is -2.01. The molecule has 0 radical (unpaired) electrons. The summed E-state index contributed by atoms with van der Waals surface area (Å²) in [5, 5.41) is 0. The molecule has 18 heavy (non-hydrogen) atoms. The number of aromatic nitrogens is 2. The highest BCUT2D eigenvalue weighted by Gasteiger charge is 2.08. The Morgan fingerprint density at radius 3 is 2.72 bits per heavy atom. The van der Waals surface area contributed by atoms with Gasteiger partial charge in [0.25, 0.3) is 0 Å². The zero-order valence-electron chi connectivity index (χ0n) is 10.2. The van der Waals surface area contributed by atoms with Crippen LogP contribution in [0.2, 0.25) is 0 Å². The third-order valence-corrected chi connectivity index (χ3v) is 2.53. The monoisotopic (exact) mass is 247 g/mol. The summed E-state index contributed by atoms with van der Waals surface area (Å²) < 4.78 is 18.5. The van der Waals surface area contributed by atoms with Gasteiger partial charge in [-0.1, -0.05) is 0 Å². The fourth-order valence-electron chi connectivity index (χ4n) is 1.58. The van der Waals surface area contributed by atoms with Crippen molar-refractivity contribution in [3.63, 3.8) is 0 Å². The van der Waals surface area contributed by atoms with Gasteiger partial charge in [-0.25, -0.2) is 14.4 Å². The van der Waals surface area contributed by atoms with E-state index >= 15 is 0 Å². The van der Waals surface area contributed by atoms with Crippen molar-refractivity contribution < 1.29 is 9.13 Å². The lowest BCUT2D eigenvalue weighted by molar-refractivity contribution is 0.386. The molecule has 0 spiro atoms. The first-order chi connectivity index (χ1) is 8.61. The minimum absolute atomic E-state index is 0.209. The molecule has 0 aliphatic carbocycles. The second-order valence-electron chi connectivity index (χ2n) is 3.94. The number of nitrogens with two attached hydrogens (primary N) is 1. The summed E-state index contributed by atoms with van der Waals surface area (Å²) in [5.74, 6) is 0.319. The molecular weight excluding hydrogens is 233 g/mol. The summed E-state index contributed by atoms with van der Waals surface area (Å²) in [6.45, 7) is 1.80. The predicted octanol–water partition coefficient (Wildman–Crippen LogP) is 2.31. The van der Waals surface area contributed by atoms with Crippen molar-refractivity contribution in [2.45, 2.75) is 13.0 Å². The Kier molecular flexibility index (Phi) is 3.53. The number of rotatable bonds is 3. The number of benzene rings is 1. The molecule has 4 nitrogen and oxygen atoms in total. The number of ether oxygens (including phenoxy) is 1. The van der Waals surface area contributed by atoms with E-state index in [2.05, 4.69) is 9.97 Å². The molecule has 0 saturated heterocycles. The quantitative estimate of drug-likeness (QED) is 0.904. The summed E-state index contributed by atoms with van der Waals surface area (Å²) in [6.07, 6.45) is 1.61. The molecule has 2 rings (SSSR count). The third-order valence-electron chi connectivity index (χ3n) is 2.53. The Balaban J connectivity index is 2.42. The normalized spacial score (nSPS) is 12.2. The molecule has 0 aliphatic rings. The Morgan fingerprint density at radius 1 is 1.33 bits per heavy atom. The first kappa shape index (κ1) is 12.4. The van der Waals surface area contributed by atoms with Crippen LogP contribution in [0.5, 0.6) is 5.75 Å². The first-order valence-electron chi connectivity index (χ1n) is 5.54. The standard InChI is InChI=1S/C13H14FN3O/c1-8(15)13-16-6-5-11(17-13)9-3-4-12(18-2)10(14)7-9/h3-8H,15H2,1-2H3. The van der Waals surface area contributed by atoms with Crippen LogP contribution in [-0.4, -0.2) is 17.1 Å². The van der Waals surface area contributed by atoms with Gasteiger partial charge in [0.05, 0.1) is 18.8 Å². The molecule has 1 aromatic carbocycles. The minimum Gasteiger partial charge on any atom is -0.494 e. The van der Waals surface area contributed by atoms with Crippen LogP contribution < -0.4 is 10.5 Å². The number of hydrogen-bond donors (Lipinski definition) is 1.